The van der Waals surface area contributed by atoms with Crippen LogP contribution < -0.4 is 4.90 Å². The Hall–Kier alpha value is -1.91. The molecule has 3 rings (SSSR count). The quantitative estimate of drug-likeness (QED) is 0.726. The minimum atomic E-state index is 0.218. The summed E-state index contributed by atoms with van der Waals surface area (Å²) < 4.78 is 1.83. The number of carbonyl (C=O) groups excluding carboxylic acids is 1. The molecule has 0 unspecified atom stereocenters. The first-order valence-corrected chi connectivity index (χ1v) is 5.87. The van der Waals surface area contributed by atoms with Crippen molar-refractivity contribution in [3.8, 4) is 0 Å². The Morgan fingerprint density at radius 1 is 1.29 bits per heavy atom. The molecule has 0 bridgehead atoms. The van der Waals surface area contributed by atoms with Gasteiger partial charge in [-0.3, -0.25) is 0 Å². The Bertz CT molecular complexity index is 528. The lowest BCUT2D eigenvalue weighted by Crippen LogP contribution is -2.34. The molecule has 5 nitrogen and oxygen atoms in total. The lowest BCUT2D eigenvalue weighted by atomic mass is 9.99. The summed E-state index contributed by atoms with van der Waals surface area (Å²) in [6, 6.07) is 1.97. The number of aldehydes is 1. The van der Waals surface area contributed by atoms with Gasteiger partial charge in [0.05, 0.1) is 6.20 Å². The fourth-order valence-corrected chi connectivity index (χ4v) is 2.33. The highest BCUT2D eigenvalue weighted by Gasteiger charge is 2.21. The first kappa shape index (κ1) is 10.3. The Labute approximate surface area is 99.1 Å². The molecule has 0 atom stereocenters. The van der Waals surface area contributed by atoms with Gasteiger partial charge in [0.1, 0.15) is 11.8 Å². The van der Waals surface area contributed by atoms with Crippen LogP contribution in [-0.2, 0) is 4.79 Å². The molecule has 0 spiro atoms. The third kappa shape index (κ3) is 1.77. The van der Waals surface area contributed by atoms with Crippen LogP contribution in [0.2, 0.25) is 0 Å². The summed E-state index contributed by atoms with van der Waals surface area (Å²) in [6.07, 6.45) is 8.29. The molecular weight excluding hydrogens is 216 g/mol. The van der Waals surface area contributed by atoms with Gasteiger partial charge in [-0.25, -0.2) is 9.50 Å². The predicted octanol–water partition coefficient (Wildman–Crippen LogP) is 1.14. The second kappa shape index (κ2) is 4.16. The number of rotatable bonds is 2. The summed E-state index contributed by atoms with van der Waals surface area (Å²) >= 11 is 0. The summed E-state index contributed by atoms with van der Waals surface area (Å²) in [7, 11) is 0. The Kier molecular flexibility index (Phi) is 2.51. The normalized spacial score (nSPS) is 17.5. The molecule has 1 aliphatic heterocycles. The zero-order chi connectivity index (χ0) is 11.7. The topological polar surface area (TPSA) is 50.5 Å². The number of nitrogens with zero attached hydrogens (tertiary/aromatic N) is 4. The largest absolute Gasteiger partial charge is 0.355 e. The van der Waals surface area contributed by atoms with Crippen LogP contribution in [0.1, 0.15) is 12.8 Å². The first-order chi connectivity index (χ1) is 8.38. The van der Waals surface area contributed by atoms with E-state index in [2.05, 4.69) is 15.0 Å². The number of anilines is 1. The molecule has 0 N–H and O–H groups in total. The maximum absolute atomic E-state index is 10.7. The summed E-state index contributed by atoms with van der Waals surface area (Å²) in [4.78, 5) is 17.4. The minimum absolute atomic E-state index is 0.218. The standard InChI is InChI=1S/C12H14N4O/c17-9-10-2-6-15(7-3-10)12-11-1-4-14-16(11)8-5-13-12/h1,4-5,8-10H,2-3,6-7H2. The molecule has 0 aromatic carbocycles. The van der Waals surface area contributed by atoms with Crippen molar-refractivity contribution in [3.63, 3.8) is 0 Å². The monoisotopic (exact) mass is 230 g/mol. The minimum Gasteiger partial charge on any atom is -0.355 e. The van der Waals surface area contributed by atoms with Gasteiger partial charge in [-0.2, -0.15) is 5.10 Å². The van der Waals surface area contributed by atoms with E-state index in [-0.39, 0.29) is 5.92 Å². The van der Waals surface area contributed by atoms with Crippen molar-refractivity contribution < 1.29 is 4.79 Å². The van der Waals surface area contributed by atoms with Crippen LogP contribution in [0, 0.1) is 5.92 Å². The molecule has 0 saturated carbocycles. The van der Waals surface area contributed by atoms with E-state index in [0.717, 1.165) is 43.6 Å². The lowest BCUT2D eigenvalue weighted by Gasteiger charge is -2.30. The number of hydrogen-bond donors (Lipinski definition) is 0. The van der Waals surface area contributed by atoms with Crippen molar-refractivity contribution in [2.24, 2.45) is 5.92 Å². The van der Waals surface area contributed by atoms with Crippen molar-refractivity contribution in [1.82, 2.24) is 14.6 Å². The van der Waals surface area contributed by atoms with E-state index in [1.165, 1.54) is 0 Å². The average Bonchev–Trinajstić information content (AvgIpc) is 2.87. The van der Waals surface area contributed by atoms with Crippen LogP contribution >= 0.6 is 0 Å². The van der Waals surface area contributed by atoms with E-state index in [1.54, 1.807) is 12.4 Å². The van der Waals surface area contributed by atoms with E-state index in [9.17, 15) is 4.79 Å². The van der Waals surface area contributed by atoms with Gasteiger partial charge < -0.3 is 9.69 Å². The van der Waals surface area contributed by atoms with Crippen molar-refractivity contribution in [2.75, 3.05) is 18.0 Å². The molecule has 2 aromatic rings. The predicted molar refractivity (Wildman–Crippen MR) is 64.0 cm³/mol. The zero-order valence-corrected chi connectivity index (χ0v) is 9.49. The molecular formula is C12H14N4O. The lowest BCUT2D eigenvalue weighted by molar-refractivity contribution is -0.111. The maximum Gasteiger partial charge on any atom is 0.154 e. The summed E-state index contributed by atoms with van der Waals surface area (Å²) in [5, 5.41) is 4.20. The summed E-state index contributed by atoms with van der Waals surface area (Å²) in [5.74, 6) is 1.19. The average molecular weight is 230 g/mol. The highest BCUT2D eigenvalue weighted by molar-refractivity contribution is 5.68. The molecule has 0 radical (unpaired) electrons. The number of hydrogen-bond acceptors (Lipinski definition) is 4. The number of piperidine rings is 1. The van der Waals surface area contributed by atoms with Gasteiger partial charge in [-0.1, -0.05) is 0 Å². The molecule has 1 saturated heterocycles. The van der Waals surface area contributed by atoms with Crippen LogP contribution in [0.3, 0.4) is 0 Å². The van der Waals surface area contributed by atoms with Gasteiger partial charge in [0.15, 0.2) is 5.82 Å². The van der Waals surface area contributed by atoms with E-state index in [4.69, 9.17) is 0 Å². The smallest absolute Gasteiger partial charge is 0.154 e. The Balaban J connectivity index is 1.89. The molecule has 17 heavy (non-hydrogen) atoms. The maximum atomic E-state index is 10.7. The van der Waals surface area contributed by atoms with Crippen LogP contribution in [0.4, 0.5) is 5.82 Å². The van der Waals surface area contributed by atoms with Crippen LogP contribution in [0.15, 0.2) is 24.7 Å². The number of aromatic nitrogens is 3. The van der Waals surface area contributed by atoms with Gasteiger partial charge >= 0.3 is 0 Å². The Morgan fingerprint density at radius 2 is 2.12 bits per heavy atom. The van der Waals surface area contributed by atoms with Gasteiger partial charge in [-0.05, 0) is 18.9 Å². The second-order valence-corrected chi connectivity index (χ2v) is 4.37. The van der Waals surface area contributed by atoms with E-state index in [0.29, 0.717) is 0 Å². The molecule has 0 aliphatic carbocycles. The van der Waals surface area contributed by atoms with Crippen LogP contribution in [0.5, 0.6) is 0 Å². The molecule has 1 aliphatic rings. The SMILES string of the molecule is O=CC1CCN(c2nccn3nccc23)CC1. The highest BCUT2D eigenvalue weighted by Crippen LogP contribution is 2.23. The number of carbonyl (C=O) groups is 1. The van der Waals surface area contributed by atoms with E-state index in [1.807, 2.05) is 16.8 Å². The van der Waals surface area contributed by atoms with Gasteiger partial charge in [0.2, 0.25) is 0 Å². The second-order valence-electron chi connectivity index (χ2n) is 4.37. The molecule has 5 heteroatoms. The van der Waals surface area contributed by atoms with Crippen molar-refractivity contribution in [1.29, 1.82) is 0 Å². The molecule has 0 amide bonds. The summed E-state index contributed by atoms with van der Waals surface area (Å²) in [6.45, 7) is 1.78. The molecule has 1 fully saturated rings. The molecule has 88 valence electrons. The first-order valence-electron chi connectivity index (χ1n) is 5.87. The fraction of sp³-hybridized carbons (Fsp3) is 0.417. The third-order valence-electron chi connectivity index (χ3n) is 3.34. The van der Waals surface area contributed by atoms with Crippen LogP contribution in [-0.4, -0.2) is 34.0 Å². The fourth-order valence-electron chi connectivity index (χ4n) is 2.33. The van der Waals surface area contributed by atoms with Gasteiger partial charge in [0, 0.05) is 31.4 Å². The number of fused-ring (bicyclic) bond motifs is 1. The third-order valence-corrected chi connectivity index (χ3v) is 3.34. The van der Waals surface area contributed by atoms with Gasteiger partial charge in [-0.15, -0.1) is 0 Å². The Morgan fingerprint density at radius 3 is 2.88 bits per heavy atom. The van der Waals surface area contributed by atoms with Crippen molar-refractivity contribution in [3.05, 3.63) is 24.7 Å². The molecule has 2 aromatic heterocycles. The zero-order valence-electron chi connectivity index (χ0n) is 9.49. The molecule has 3 heterocycles. The van der Waals surface area contributed by atoms with Crippen molar-refractivity contribution in [2.45, 2.75) is 12.8 Å². The van der Waals surface area contributed by atoms with E-state index < -0.39 is 0 Å². The summed E-state index contributed by atoms with van der Waals surface area (Å²) in [5.41, 5.74) is 1.03. The van der Waals surface area contributed by atoms with E-state index >= 15 is 0 Å². The highest BCUT2D eigenvalue weighted by atomic mass is 16.1. The van der Waals surface area contributed by atoms with Gasteiger partial charge in [0.25, 0.3) is 0 Å². The van der Waals surface area contributed by atoms with Crippen molar-refractivity contribution >= 4 is 17.6 Å². The van der Waals surface area contributed by atoms with Crippen LogP contribution in [0.25, 0.3) is 5.52 Å².